The number of fused-ring (bicyclic) bond motifs is 1. The number of furan rings is 1. The van der Waals surface area contributed by atoms with Gasteiger partial charge < -0.3 is 15.1 Å². The summed E-state index contributed by atoms with van der Waals surface area (Å²) in [6.07, 6.45) is 6.21. The molecule has 6 heteroatoms. The van der Waals surface area contributed by atoms with Crippen molar-refractivity contribution in [2.75, 3.05) is 13.1 Å². The van der Waals surface area contributed by atoms with Crippen molar-refractivity contribution in [3.63, 3.8) is 0 Å². The van der Waals surface area contributed by atoms with Crippen LogP contribution < -0.4 is 10.6 Å². The number of nitrogens with zero attached hydrogens (tertiary/aromatic N) is 1. The van der Waals surface area contributed by atoms with E-state index in [1.807, 2.05) is 6.07 Å². The van der Waals surface area contributed by atoms with Gasteiger partial charge in [0.15, 0.2) is 0 Å². The summed E-state index contributed by atoms with van der Waals surface area (Å²) in [5, 5.41) is 5.97. The van der Waals surface area contributed by atoms with E-state index in [-0.39, 0.29) is 17.9 Å². The molecule has 4 unspecified atom stereocenters. The summed E-state index contributed by atoms with van der Waals surface area (Å²) in [6, 6.07) is 11.7. The lowest BCUT2D eigenvalue weighted by Gasteiger charge is -2.34. The number of benzene rings is 1. The monoisotopic (exact) mass is 395 g/mol. The van der Waals surface area contributed by atoms with Gasteiger partial charge in [-0.25, -0.2) is 0 Å². The molecule has 154 valence electrons. The fourth-order valence-corrected chi connectivity index (χ4v) is 4.76. The highest BCUT2D eigenvalue weighted by molar-refractivity contribution is 5.97. The van der Waals surface area contributed by atoms with Gasteiger partial charge in [-0.3, -0.25) is 14.5 Å². The molecule has 6 nitrogen and oxygen atoms in total. The quantitative estimate of drug-likeness (QED) is 0.789. The SMILES string of the molecule is CC(NC(=O)c1ccoc1)C(=O)NC1CCCC2CN(Cc3ccccc3)CC21. The number of hydrogen-bond donors (Lipinski definition) is 2. The highest BCUT2D eigenvalue weighted by Gasteiger charge is 2.41. The van der Waals surface area contributed by atoms with Crippen LogP contribution >= 0.6 is 0 Å². The van der Waals surface area contributed by atoms with Gasteiger partial charge in [0.1, 0.15) is 12.3 Å². The molecule has 1 aromatic carbocycles. The Kier molecular flexibility index (Phi) is 6.00. The molecule has 1 saturated carbocycles. The van der Waals surface area contributed by atoms with E-state index in [1.54, 1.807) is 13.0 Å². The molecular weight excluding hydrogens is 366 g/mol. The number of nitrogens with one attached hydrogen (secondary N) is 2. The fourth-order valence-electron chi connectivity index (χ4n) is 4.76. The average molecular weight is 396 g/mol. The van der Waals surface area contributed by atoms with Crippen molar-refractivity contribution in [2.24, 2.45) is 11.8 Å². The van der Waals surface area contributed by atoms with Gasteiger partial charge in [0.05, 0.1) is 11.8 Å². The molecule has 0 radical (unpaired) electrons. The first-order valence-electron chi connectivity index (χ1n) is 10.5. The van der Waals surface area contributed by atoms with Gasteiger partial charge in [-0.2, -0.15) is 0 Å². The van der Waals surface area contributed by atoms with E-state index in [9.17, 15) is 9.59 Å². The molecule has 0 spiro atoms. The maximum absolute atomic E-state index is 12.7. The van der Waals surface area contributed by atoms with E-state index in [2.05, 4.69) is 39.8 Å². The molecular formula is C23H29N3O3. The second-order valence-electron chi connectivity index (χ2n) is 8.36. The Labute approximate surface area is 171 Å². The minimum absolute atomic E-state index is 0.117. The molecule has 1 saturated heterocycles. The molecule has 4 rings (SSSR count). The van der Waals surface area contributed by atoms with Crippen molar-refractivity contribution in [1.29, 1.82) is 0 Å². The number of likely N-dealkylation sites (tertiary alicyclic amines) is 1. The third-order valence-electron chi connectivity index (χ3n) is 6.28. The summed E-state index contributed by atoms with van der Waals surface area (Å²) < 4.78 is 4.93. The molecule has 1 aromatic heterocycles. The Morgan fingerprint density at radius 1 is 1.17 bits per heavy atom. The third-order valence-corrected chi connectivity index (χ3v) is 6.28. The summed E-state index contributed by atoms with van der Waals surface area (Å²) in [7, 11) is 0. The van der Waals surface area contributed by atoms with Crippen LogP contribution in [0.1, 0.15) is 42.1 Å². The fraction of sp³-hybridized carbons (Fsp3) is 0.478. The summed E-state index contributed by atoms with van der Waals surface area (Å²) >= 11 is 0. The summed E-state index contributed by atoms with van der Waals surface area (Å²) in [5.74, 6) is 0.702. The number of hydrogen-bond acceptors (Lipinski definition) is 4. The van der Waals surface area contributed by atoms with E-state index in [0.29, 0.717) is 17.4 Å². The summed E-state index contributed by atoms with van der Waals surface area (Å²) in [4.78, 5) is 27.4. The summed E-state index contributed by atoms with van der Waals surface area (Å²) in [6.45, 7) is 4.80. The lowest BCUT2D eigenvalue weighted by atomic mass is 9.78. The first kappa shape index (κ1) is 19.7. The molecule has 0 bridgehead atoms. The predicted molar refractivity (Wildman–Crippen MR) is 110 cm³/mol. The smallest absolute Gasteiger partial charge is 0.255 e. The van der Waals surface area contributed by atoms with Crippen LogP contribution in [0.25, 0.3) is 0 Å². The van der Waals surface area contributed by atoms with Crippen LogP contribution in [0.3, 0.4) is 0 Å². The Hall–Kier alpha value is -2.60. The summed E-state index contributed by atoms with van der Waals surface area (Å²) in [5.41, 5.74) is 1.76. The standard InChI is InChI=1S/C23H29N3O3/c1-16(24-23(28)19-10-11-29-15-19)22(27)25-21-9-5-8-18-13-26(14-20(18)21)12-17-6-3-2-4-7-17/h2-4,6-7,10-11,15-16,18,20-21H,5,8-9,12-14H2,1H3,(H,24,28)(H,25,27). The molecule has 2 N–H and O–H groups in total. The number of amides is 2. The van der Waals surface area contributed by atoms with Gasteiger partial charge in [0.25, 0.3) is 5.91 Å². The lowest BCUT2D eigenvalue weighted by Crippen LogP contribution is -2.52. The lowest BCUT2D eigenvalue weighted by molar-refractivity contribution is -0.124. The van der Waals surface area contributed by atoms with E-state index in [4.69, 9.17) is 4.42 Å². The molecule has 29 heavy (non-hydrogen) atoms. The molecule has 2 aliphatic rings. The first-order valence-corrected chi connectivity index (χ1v) is 10.5. The van der Waals surface area contributed by atoms with Crippen LogP contribution in [0.2, 0.25) is 0 Å². The van der Waals surface area contributed by atoms with Crippen molar-refractivity contribution in [3.05, 3.63) is 60.1 Å². The molecule has 2 heterocycles. The van der Waals surface area contributed by atoms with Gasteiger partial charge in [-0.05, 0) is 43.2 Å². The van der Waals surface area contributed by atoms with Crippen LogP contribution in [-0.2, 0) is 11.3 Å². The number of carbonyl (C=O) groups is 2. The van der Waals surface area contributed by atoms with Crippen LogP contribution in [0.4, 0.5) is 0 Å². The minimum Gasteiger partial charge on any atom is -0.472 e. The average Bonchev–Trinajstić information content (AvgIpc) is 3.39. The van der Waals surface area contributed by atoms with Gasteiger partial charge in [0, 0.05) is 25.7 Å². The van der Waals surface area contributed by atoms with Crippen molar-refractivity contribution in [3.8, 4) is 0 Å². The van der Waals surface area contributed by atoms with Gasteiger partial charge in [-0.1, -0.05) is 36.8 Å². The van der Waals surface area contributed by atoms with E-state index < -0.39 is 6.04 Å². The normalized spacial score (nSPS) is 25.2. The zero-order valence-electron chi connectivity index (χ0n) is 16.8. The van der Waals surface area contributed by atoms with Gasteiger partial charge >= 0.3 is 0 Å². The predicted octanol–water partition coefficient (Wildman–Crippen LogP) is 2.81. The van der Waals surface area contributed by atoms with Gasteiger partial charge in [-0.15, -0.1) is 0 Å². The zero-order chi connectivity index (χ0) is 20.2. The maximum Gasteiger partial charge on any atom is 0.255 e. The molecule has 2 amide bonds. The van der Waals surface area contributed by atoms with Crippen molar-refractivity contribution >= 4 is 11.8 Å². The number of rotatable bonds is 6. The van der Waals surface area contributed by atoms with Crippen LogP contribution in [0, 0.1) is 11.8 Å². The maximum atomic E-state index is 12.7. The Balaban J connectivity index is 1.32. The molecule has 4 atom stereocenters. The van der Waals surface area contributed by atoms with Gasteiger partial charge in [0.2, 0.25) is 5.91 Å². The van der Waals surface area contributed by atoms with Crippen molar-refractivity contribution < 1.29 is 14.0 Å². The van der Waals surface area contributed by atoms with E-state index >= 15 is 0 Å². The van der Waals surface area contributed by atoms with Crippen molar-refractivity contribution in [2.45, 2.75) is 44.8 Å². The second-order valence-corrected chi connectivity index (χ2v) is 8.36. The number of carbonyl (C=O) groups excluding carboxylic acids is 2. The first-order chi connectivity index (χ1) is 14.1. The molecule has 1 aliphatic carbocycles. The Morgan fingerprint density at radius 2 is 2.00 bits per heavy atom. The largest absolute Gasteiger partial charge is 0.472 e. The Morgan fingerprint density at radius 3 is 2.76 bits per heavy atom. The topological polar surface area (TPSA) is 74.6 Å². The molecule has 1 aliphatic heterocycles. The highest BCUT2D eigenvalue weighted by atomic mass is 16.3. The second kappa shape index (κ2) is 8.82. The van der Waals surface area contributed by atoms with Crippen LogP contribution in [-0.4, -0.2) is 41.9 Å². The highest BCUT2D eigenvalue weighted by Crippen LogP contribution is 2.37. The van der Waals surface area contributed by atoms with Crippen molar-refractivity contribution in [1.82, 2.24) is 15.5 Å². The molecule has 2 fully saturated rings. The zero-order valence-corrected chi connectivity index (χ0v) is 16.8. The van der Waals surface area contributed by atoms with Crippen LogP contribution in [0.5, 0.6) is 0 Å². The molecule has 2 aromatic rings. The van der Waals surface area contributed by atoms with E-state index in [0.717, 1.165) is 32.5 Å². The minimum atomic E-state index is -0.584. The Bertz CT molecular complexity index is 821. The van der Waals surface area contributed by atoms with Crippen LogP contribution in [0.15, 0.2) is 53.3 Å². The third kappa shape index (κ3) is 4.70. The van der Waals surface area contributed by atoms with E-state index in [1.165, 1.54) is 24.5 Å².